The SMILES string of the molecule is CC(Cl)c1nnnn1-c1cc(F)ccc1F. The Morgan fingerprint density at radius 3 is 2.81 bits per heavy atom. The van der Waals surface area contributed by atoms with Crippen LogP contribution in [0, 0.1) is 11.6 Å². The number of nitrogens with zero attached hydrogens (tertiary/aromatic N) is 4. The quantitative estimate of drug-likeness (QED) is 0.761. The Balaban J connectivity index is 2.58. The van der Waals surface area contributed by atoms with Gasteiger partial charge in [0.2, 0.25) is 0 Å². The maximum atomic E-state index is 13.5. The maximum absolute atomic E-state index is 13.5. The van der Waals surface area contributed by atoms with E-state index in [4.69, 9.17) is 11.6 Å². The molecular weight excluding hydrogens is 238 g/mol. The molecule has 0 aliphatic rings. The van der Waals surface area contributed by atoms with Crippen LogP contribution in [0.2, 0.25) is 0 Å². The van der Waals surface area contributed by atoms with Gasteiger partial charge in [-0.1, -0.05) is 0 Å². The van der Waals surface area contributed by atoms with Crippen LogP contribution in [-0.4, -0.2) is 20.2 Å². The van der Waals surface area contributed by atoms with Crippen LogP contribution < -0.4 is 0 Å². The molecule has 0 amide bonds. The fourth-order valence-electron chi connectivity index (χ4n) is 1.26. The average molecular weight is 245 g/mol. The molecule has 0 spiro atoms. The predicted molar refractivity (Wildman–Crippen MR) is 53.3 cm³/mol. The van der Waals surface area contributed by atoms with Gasteiger partial charge in [-0.15, -0.1) is 16.7 Å². The van der Waals surface area contributed by atoms with Crippen molar-refractivity contribution in [1.29, 1.82) is 0 Å². The van der Waals surface area contributed by atoms with Gasteiger partial charge >= 0.3 is 0 Å². The number of benzene rings is 1. The zero-order valence-electron chi connectivity index (χ0n) is 8.23. The zero-order chi connectivity index (χ0) is 11.7. The van der Waals surface area contributed by atoms with Crippen molar-refractivity contribution in [2.75, 3.05) is 0 Å². The summed E-state index contributed by atoms with van der Waals surface area (Å²) in [4.78, 5) is 0. The van der Waals surface area contributed by atoms with E-state index < -0.39 is 17.0 Å². The lowest BCUT2D eigenvalue weighted by Crippen LogP contribution is -2.06. The summed E-state index contributed by atoms with van der Waals surface area (Å²) >= 11 is 5.81. The molecular formula is C9H7ClF2N4. The van der Waals surface area contributed by atoms with Gasteiger partial charge < -0.3 is 0 Å². The van der Waals surface area contributed by atoms with E-state index >= 15 is 0 Å². The van der Waals surface area contributed by atoms with E-state index in [-0.39, 0.29) is 11.5 Å². The van der Waals surface area contributed by atoms with Crippen LogP contribution in [0.3, 0.4) is 0 Å². The fourth-order valence-corrected chi connectivity index (χ4v) is 1.40. The summed E-state index contributed by atoms with van der Waals surface area (Å²) in [5.41, 5.74) is -0.0625. The van der Waals surface area contributed by atoms with Gasteiger partial charge in [0, 0.05) is 6.07 Å². The predicted octanol–water partition coefficient (Wildman–Crippen LogP) is 2.24. The summed E-state index contributed by atoms with van der Waals surface area (Å²) in [6.07, 6.45) is 0. The minimum atomic E-state index is -0.618. The Bertz CT molecular complexity index is 512. The monoisotopic (exact) mass is 244 g/mol. The molecule has 0 N–H and O–H groups in total. The lowest BCUT2D eigenvalue weighted by molar-refractivity contribution is 0.580. The van der Waals surface area contributed by atoms with Crippen molar-refractivity contribution in [2.24, 2.45) is 0 Å². The average Bonchev–Trinajstić information content (AvgIpc) is 2.70. The topological polar surface area (TPSA) is 43.6 Å². The summed E-state index contributed by atoms with van der Waals surface area (Å²) < 4.78 is 27.5. The molecule has 4 nitrogen and oxygen atoms in total. The van der Waals surface area contributed by atoms with Crippen molar-refractivity contribution in [3.8, 4) is 5.69 Å². The van der Waals surface area contributed by atoms with Crippen molar-refractivity contribution < 1.29 is 8.78 Å². The first-order valence-corrected chi connectivity index (χ1v) is 4.91. The van der Waals surface area contributed by atoms with E-state index in [1.807, 2.05) is 0 Å². The maximum Gasteiger partial charge on any atom is 0.174 e. The number of hydrogen-bond donors (Lipinski definition) is 0. The highest BCUT2D eigenvalue weighted by Gasteiger charge is 2.16. The molecule has 0 aliphatic heterocycles. The Morgan fingerprint density at radius 1 is 1.38 bits per heavy atom. The van der Waals surface area contributed by atoms with Gasteiger partial charge in [-0.2, -0.15) is 4.68 Å². The highest BCUT2D eigenvalue weighted by molar-refractivity contribution is 6.20. The van der Waals surface area contributed by atoms with Crippen molar-refractivity contribution >= 4 is 11.6 Å². The first kappa shape index (κ1) is 10.9. The number of rotatable bonds is 2. The van der Waals surface area contributed by atoms with E-state index in [2.05, 4.69) is 15.5 Å². The smallest absolute Gasteiger partial charge is 0.174 e. The number of tetrazole rings is 1. The van der Waals surface area contributed by atoms with Crippen LogP contribution >= 0.6 is 11.6 Å². The van der Waals surface area contributed by atoms with Gasteiger partial charge in [0.25, 0.3) is 0 Å². The number of halogens is 3. The number of alkyl halides is 1. The zero-order valence-corrected chi connectivity index (χ0v) is 8.99. The van der Waals surface area contributed by atoms with Crippen molar-refractivity contribution in [3.05, 3.63) is 35.7 Å². The van der Waals surface area contributed by atoms with E-state index in [0.29, 0.717) is 0 Å². The van der Waals surface area contributed by atoms with Crippen LogP contribution in [0.5, 0.6) is 0 Å². The van der Waals surface area contributed by atoms with Crippen molar-refractivity contribution in [2.45, 2.75) is 12.3 Å². The highest BCUT2D eigenvalue weighted by Crippen LogP contribution is 2.21. The second kappa shape index (κ2) is 4.13. The third-order valence-electron chi connectivity index (χ3n) is 1.99. The molecule has 1 aromatic carbocycles. The standard InChI is InChI=1S/C9H7ClF2N4/c1-5(10)9-13-14-15-16(9)8-4-6(11)2-3-7(8)12/h2-5H,1H3. The van der Waals surface area contributed by atoms with Crippen LogP contribution in [0.4, 0.5) is 8.78 Å². The van der Waals surface area contributed by atoms with E-state index in [1.165, 1.54) is 0 Å². The molecule has 0 saturated carbocycles. The van der Waals surface area contributed by atoms with E-state index in [1.54, 1.807) is 6.92 Å². The van der Waals surface area contributed by atoms with Gasteiger partial charge in [-0.05, 0) is 29.5 Å². The summed E-state index contributed by atoms with van der Waals surface area (Å²) in [5.74, 6) is -0.932. The first-order valence-electron chi connectivity index (χ1n) is 4.47. The van der Waals surface area contributed by atoms with Gasteiger partial charge in [-0.3, -0.25) is 0 Å². The lowest BCUT2D eigenvalue weighted by Gasteiger charge is -2.06. The molecule has 1 atom stereocenters. The molecule has 0 aliphatic carbocycles. The van der Waals surface area contributed by atoms with Crippen LogP contribution in [-0.2, 0) is 0 Å². The second-order valence-electron chi connectivity index (χ2n) is 3.16. The fraction of sp³-hybridized carbons (Fsp3) is 0.222. The van der Waals surface area contributed by atoms with Crippen LogP contribution in [0.15, 0.2) is 18.2 Å². The van der Waals surface area contributed by atoms with E-state index in [9.17, 15) is 8.78 Å². The minimum Gasteiger partial charge on any atom is -0.207 e. The third kappa shape index (κ3) is 1.88. The Labute approximate surface area is 94.8 Å². The number of aromatic nitrogens is 4. The second-order valence-corrected chi connectivity index (χ2v) is 3.82. The molecule has 7 heteroatoms. The molecule has 16 heavy (non-hydrogen) atoms. The number of hydrogen-bond acceptors (Lipinski definition) is 3. The largest absolute Gasteiger partial charge is 0.207 e. The van der Waals surface area contributed by atoms with Gasteiger partial charge in [0.1, 0.15) is 17.3 Å². The van der Waals surface area contributed by atoms with Gasteiger partial charge in [0.05, 0.1) is 5.38 Å². The first-order chi connectivity index (χ1) is 7.59. The highest BCUT2D eigenvalue weighted by atomic mass is 35.5. The normalized spacial score (nSPS) is 12.8. The van der Waals surface area contributed by atoms with Crippen LogP contribution in [0.1, 0.15) is 18.1 Å². The van der Waals surface area contributed by atoms with E-state index in [0.717, 1.165) is 22.9 Å². The third-order valence-corrected chi connectivity index (χ3v) is 2.18. The van der Waals surface area contributed by atoms with Crippen molar-refractivity contribution in [3.63, 3.8) is 0 Å². The molecule has 0 saturated heterocycles. The Kier molecular flexibility index (Phi) is 2.82. The van der Waals surface area contributed by atoms with Gasteiger partial charge in [-0.25, -0.2) is 8.78 Å². The molecule has 1 unspecified atom stereocenters. The van der Waals surface area contributed by atoms with Crippen LogP contribution in [0.25, 0.3) is 5.69 Å². The molecule has 84 valence electrons. The summed E-state index contributed by atoms with van der Waals surface area (Å²) in [6.45, 7) is 1.64. The summed E-state index contributed by atoms with van der Waals surface area (Å²) in [7, 11) is 0. The molecule has 0 radical (unpaired) electrons. The lowest BCUT2D eigenvalue weighted by atomic mass is 10.3. The van der Waals surface area contributed by atoms with Crippen molar-refractivity contribution in [1.82, 2.24) is 20.2 Å². The Morgan fingerprint density at radius 2 is 2.12 bits per heavy atom. The molecule has 1 aromatic heterocycles. The summed E-state index contributed by atoms with van der Waals surface area (Å²) in [6, 6.07) is 3.04. The summed E-state index contributed by atoms with van der Waals surface area (Å²) in [5, 5.41) is 10.1. The molecule has 0 fully saturated rings. The minimum absolute atomic E-state index is 0.0625. The molecule has 0 bridgehead atoms. The molecule has 2 aromatic rings. The molecule has 1 heterocycles. The molecule has 2 rings (SSSR count). The van der Waals surface area contributed by atoms with Gasteiger partial charge in [0.15, 0.2) is 5.82 Å². The Hall–Kier alpha value is -1.56.